The third-order valence-corrected chi connectivity index (χ3v) is 5.44. The second-order valence-electron chi connectivity index (χ2n) is 9.36. The van der Waals surface area contributed by atoms with Gasteiger partial charge in [-0.3, -0.25) is 9.78 Å². The third-order valence-electron chi connectivity index (χ3n) is 5.19. The number of benzene rings is 3. The summed E-state index contributed by atoms with van der Waals surface area (Å²) in [6.45, 7) is 9.47. The number of aliphatic hydroxyl groups is 1. The number of hydrogen-bond donors (Lipinski definition) is 1. The molecule has 0 spiro atoms. The molecule has 182 valence electrons. The summed E-state index contributed by atoms with van der Waals surface area (Å²) in [5, 5.41) is 11.4. The predicted molar refractivity (Wildman–Crippen MR) is 145 cm³/mol. The first-order valence-electron chi connectivity index (χ1n) is 11.7. The number of pyridine rings is 1. The number of aromatic nitrogens is 1. The van der Waals surface area contributed by atoms with Gasteiger partial charge in [-0.15, -0.1) is 0 Å². The van der Waals surface area contributed by atoms with E-state index < -0.39 is 5.60 Å². The fraction of sp³-hybridized carbons (Fsp3) is 0.267. The molecule has 1 aromatic heterocycles. The number of hydrogen-bond acceptors (Lipinski definition) is 4. The molecule has 0 saturated heterocycles. The molecule has 0 aliphatic rings. The molecule has 0 unspecified atom stereocenters. The monoisotopic (exact) mass is 489 g/mol. The van der Waals surface area contributed by atoms with E-state index in [1.807, 2.05) is 56.3 Å². The number of nitrogens with zero attached hydrogens (tertiary/aromatic N) is 1. The number of rotatable bonds is 5. The van der Waals surface area contributed by atoms with Gasteiger partial charge >= 0.3 is 5.97 Å². The van der Waals surface area contributed by atoms with Crippen molar-refractivity contribution >= 4 is 28.3 Å². The van der Waals surface area contributed by atoms with Crippen molar-refractivity contribution in [3.05, 3.63) is 89.1 Å². The van der Waals surface area contributed by atoms with Crippen molar-refractivity contribution in [2.75, 3.05) is 6.61 Å². The normalized spacial score (nSPS) is 11.1. The molecular weight excluding hydrogens is 458 g/mol. The lowest BCUT2D eigenvalue weighted by Crippen LogP contribution is -2.10. The zero-order valence-corrected chi connectivity index (χ0v) is 21.7. The van der Waals surface area contributed by atoms with Crippen molar-refractivity contribution in [1.29, 1.82) is 0 Å². The molecule has 5 heteroatoms. The van der Waals surface area contributed by atoms with Gasteiger partial charge in [-0.05, 0) is 98.0 Å². The van der Waals surface area contributed by atoms with Crippen molar-refractivity contribution in [2.24, 2.45) is 0 Å². The SMILES string of the molecule is CC(C)(C)O.CCOC(=O)Cc1c(C)cc2cc(-c3ccccn3)ccc2c1-c1ccc(Cl)cc1. The molecule has 0 aliphatic heterocycles. The number of ether oxygens (including phenoxy) is 1. The minimum absolute atomic E-state index is 0.222. The molecule has 0 fully saturated rings. The summed E-state index contributed by atoms with van der Waals surface area (Å²) in [5.41, 5.74) is 5.59. The van der Waals surface area contributed by atoms with Crippen LogP contribution < -0.4 is 0 Å². The fourth-order valence-electron chi connectivity index (χ4n) is 3.81. The van der Waals surface area contributed by atoms with E-state index in [2.05, 4.69) is 29.2 Å². The second kappa shape index (κ2) is 11.5. The van der Waals surface area contributed by atoms with Crippen LogP contribution in [0.1, 0.15) is 38.8 Å². The van der Waals surface area contributed by atoms with E-state index in [4.69, 9.17) is 21.4 Å². The molecule has 0 aliphatic carbocycles. The van der Waals surface area contributed by atoms with E-state index in [0.717, 1.165) is 44.3 Å². The van der Waals surface area contributed by atoms with Crippen molar-refractivity contribution in [3.8, 4) is 22.4 Å². The van der Waals surface area contributed by atoms with E-state index >= 15 is 0 Å². The van der Waals surface area contributed by atoms with E-state index in [9.17, 15) is 4.79 Å². The van der Waals surface area contributed by atoms with Gasteiger partial charge < -0.3 is 9.84 Å². The zero-order valence-electron chi connectivity index (χ0n) is 20.9. The van der Waals surface area contributed by atoms with Crippen molar-refractivity contribution in [1.82, 2.24) is 4.98 Å². The smallest absolute Gasteiger partial charge is 0.310 e. The van der Waals surface area contributed by atoms with Gasteiger partial charge in [-0.25, -0.2) is 0 Å². The lowest BCUT2D eigenvalue weighted by atomic mass is 9.88. The van der Waals surface area contributed by atoms with Crippen LogP contribution >= 0.6 is 11.6 Å². The Kier molecular flexibility index (Phi) is 8.66. The largest absolute Gasteiger partial charge is 0.466 e. The van der Waals surface area contributed by atoms with Crippen molar-refractivity contribution < 1.29 is 14.6 Å². The Balaban J connectivity index is 0.000000623. The molecule has 1 N–H and O–H groups in total. The number of halogens is 1. The molecule has 4 rings (SSSR count). The molecule has 4 nitrogen and oxygen atoms in total. The summed E-state index contributed by atoms with van der Waals surface area (Å²) in [4.78, 5) is 16.8. The van der Waals surface area contributed by atoms with E-state index in [-0.39, 0.29) is 12.4 Å². The lowest BCUT2D eigenvalue weighted by Gasteiger charge is -2.17. The van der Waals surface area contributed by atoms with Gasteiger partial charge in [-0.2, -0.15) is 0 Å². The molecule has 0 atom stereocenters. The molecule has 0 radical (unpaired) electrons. The summed E-state index contributed by atoms with van der Waals surface area (Å²) in [5.74, 6) is -0.222. The Hall–Kier alpha value is -3.21. The van der Waals surface area contributed by atoms with E-state index in [0.29, 0.717) is 11.6 Å². The van der Waals surface area contributed by atoms with Crippen LogP contribution in [0.3, 0.4) is 0 Å². The molecule has 35 heavy (non-hydrogen) atoms. The lowest BCUT2D eigenvalue weighted by molar-refractivity contribution is -0.142. The van der Waals surface area contributed by atoms with E-state index in [1.54, 1.807) is 27.0 Å². The van der Waals surface area contributed by atoms with E-state index in [1.165, 1.54) is 0 Å². The first-order valence-corrected chi connectivity index (χ1v) is 12.1. The Morgan fingerprint density at radius 3 is 2.26 bits per heavy atom. The summed E-state index contributed by atoms with van der Waals surface area (Å²) >= 11 is 6.12. The van der Waals surface area contributed by atoms with Crippen LogP contribution in [0.25, 0.3) is 33.2 Å². The maximum atomic E-state index is 12.3. The predicted octanol–water partition coefficient (Wildman–Crippen LogP) is 7.41. The maximum Gasteiger partial charge on any atom is 0.310 e. The Morgan fingerprint density at radius 2 is 1.66 bits per heavy atom. The number of aryl methyl sites for hydroxylation is 1. The minimum Gasteiger partial charge on any atom is -0.466 e. The molecule has 1 heterocycles. The highest BCUT2D eigenvalue weighted by Crippen LogP contribution is 2.37. The average Bonchev–Trinajstić information content (AvgIpc) is 2.80. The summed E-state index contributed by atoms with van der Waals surface area (Å²) in [6.07, 6.45) is 2.03. The Bertz CT molecular complexity index is 1290. The number of fused-ring (bicyclic) bond motifs is 1. The van der Waals surface area contributed by atoms with Crippen LogP contribution in [0.4, 0.5) is 0 Å². The fourth-order valence-corrected chi connectivity index (χ4v) is 3.94. The topological polar surface area (TPSA) is 59.4 Å². The molecule has 3 aromatic carbocycles. The van der Waals surface area contributed by atoms with Crippen LogP contribution in [-0.4, -0.2) is 28.3 Å². The van der Waals surface area contributed by atoms with Gasteiger partial charge in [0, 0.05) is 16.8 Å². The van der Waals surface area contributed by atoms with Crippen LogP contribution in [0.15, 0.2) is 72.9 Å². The molecule has 0 bridgehead atoms. The number of carbonyl (C=O) groups excluding carboxylic acids is 1. The van der Waals surface area contributed by atoms with Gasteiger partial charge in [0.15, 0.2) is 0 Å². The molecule has 0 amide bonds. The van der Waals surface area contributed by atoms with Gasteiger partial charge in [-0.1, -0.05) is 48.0 Å². The van der Waals surface area contributed by atoms with Crippen molar-refractivity contribution in [3.63, 3.8) is 0 Å². The third kappa shape index (κ3) is 7.38. The first kappa shape index (κ1) is 26.4. The van der Waals surface area contributed by atoms with Gasteiger partial charge in [0.25, 0.3) is 0 Å². The van der Waals surface area contributed by atoms with Crippen LogP contribution in [0.2, 0.25) is 5.02 Å². The molecule has 4 aromatic rings. The standard InChI is InChI=1S/C26H22ClNO2.C4H10O/c1-3-30-25(29)16-23-17(2)14-20-15-19(24-6-4-5-13-28-24)9-12-22(20)26(23)18-7-10-21(27)11-8-18;1-4(2,3)5/h4-15H,3,16H2,1-2H3;5H,1-3H3. The zero-order chi connectivity index (χ0) is 25.6. The van der Waals surface area contributed by atoms with Crippen LogP contribution in [-0.2, 0) is 16.0 Å². The average molecular weight is 490 g/mol. The quantitative estimate of drug-likeness (QED) is 0.296. The highest BCUT2D eigenvalue weighted by atomic mass is 35.5. The first-order chi connectivity index (χ1) is 16.6. The van der Waals surface area contributed by atoms with Crippen LogP contribution in [0.5, 0.6) is 0 Å². The van der Waals surface area contributed by atoms with Crippen LogP contribution in [0, 0.1) is 6.92 Å². The second-order valence-corrected chi connectivity index (χ2v) is 9.79. The van der Waals surface area contributed by atoms with Gasteiger partial charge in [0.05, 0.1) is 24.3 Å². The van der Waals surface area contributed by atoms with Crippen molar-refractivity contribution in [2.45, 2.75) is 46.6 Å². The number of carbonyl (C=O) groups is 1. The Labute approximate surface area is 212 Å². The summed E-state index contributed by atoms with van der Waals surface area (Å²) < 4.78 is 5.23. The Morgan fingerprint density at radius 1 is 1.00 bits per heavy atom. The number of esters is 1. The minimum atomic E-state index is -0.500. The highest BCUT2D eigenvalue weighted by molar-refractivity contribution is 6.30. The van der Waals surface area contributed by atoms with Gasteiger partial charge in [0.2, 0.25) is 0 Å². The summed E-state index contributed by atoms with van der Waals surface area (Å²) in [6, 6.07) is 22.1. The summed E-state index contributed by atoms with van der Waals surface area (Å²) in [7, 11) is 0. The van der Waals surface area contributed by atoms with Gasteiger partial charge in [0.1, 0.15) is 0 Å². The highest BCUT2D eigenvalue weighted by Gasteiger charge is 2.17. The maximum absolute atomic E-state index is 12.3. The molecule has 0 saturated carbocycles. The molecular formula is C30H32ClNO3.